The van der Waals surface area contributed by atoms with Crippen LogP contribution in [0.4, 0.5) is 0 Å². The van der Waals surface area contributed by atoms with Crippen LogP contribution in [0.5, 0.6) is 0 Å². The second kappa shape index (κ2) is 5.44. The maximum absolute atomic E-state index is 9.75. The summed E-state index contributed by atoms with van der Waals surface area (Å²) in [5.74, 6) is 1.56. The first-order valence-electron chi connectivity index (χ1n) is 7.38. The predicted octanol–water partition coefficient (Wildman–Crippen LogP) is 1.43. The van der Waals surface area contributed by atoms with Gasteiger partial charge in [0.1, 0.15) is 0 Å². The molecule has 2 aliphatic rings. The van der Waals surface area contributed by atoms with Crippen molar-refractivity contribution in [2.24, 2.45) is 10.4 Å². The summed E-state index contributed by atoms with van der Waals surface area (Å²) in [5.41, 5.74) is 1.42. The third-order valence-electron chi connectivity index (χ3n) is 4.65. The highest BCUT2D eigenvalue weighted by atomic mass is 16.3. The first kappa shape index (κ1) is 13.4. The lowest BCUT2D eigenvalue weighted by Gasteiger charge is -2.47. The largest absolute Gasteiger partial charge is 0.396 e. The maximum atomic E-state index is 9.75. The van der Waals surface area contributed by atoms with Crippen LogP contribution in [0.2, 0.25) is 0 Å². The molecular formula is C16H23N3O. The van der Waals surface area contributed by atoms with Crippen molar-refractivity contribution in [2.45, 2.75) is 18.8 Å². The molecular weight excluding hydrogens is 250 g/mol. The van der Waals surface area contributed by atoms with E-state index >= 15 is 0 Å². The summed E-state index contributed by atoms with van der Waals surface area (Å²) in [6.07, 6.45) is 2.11. The van der Waals surface area contributed by atoms with Gasteiger partial charge in [-0.2, -0.15) is 0 Å². The number of aliphatic hydroxyl groups excluding tert-OH is 1. The van der Waals surface area contributed by atoms with Gasteiger partial charge in [-0.1, -0.05) is 30.3 Å². The Labute approximate surface area is 120 Å². The molecule has 0 bridgehead atoms. The van der Waals surface area contributed by atoms with Gasteiger partial charge in [0.15, 0.2) is 5.96 Å². The lowest BCUT2D eigenvalue weighted by atomic mass is 9.60. The zero-order chi connectivity index (χ0) is 14.0. The third kappa shape index (κ3) is 2.52. The number of likely N-dealkylation sites (N-methyl/N-ethyl adjacent to an activating group) is 1. The van der Waals surface area contributed by atoms with Crippen LogP contribution >= 0.6 is 0 Å². The number of benzene rings is 1. The molecule has 1 heterocycles. The molecule has 4 heteroatoms. The van der Waals surface area contributed by atoms with Crippen LogP contribution in [-0.4, -0.2) is 49.3 Å². The standard InChI is InChI=1S/C16H23N3O/c1-19-8-7-17-15(19)18-11-16(12-20)9-14(10-16)13-5-3-2-4-6-13/h2-6,14,20H,7-12H2,1H3,(H,17,18). The van der Waals surface area contributed by atoms with E-state index in [-0.39, 0.29) is 12.0 Å². The zero-order valence-corrected chi connectivity index (χ0v) is 12.0. The number of nitrogens with zero attached hydrogens (tertiary/aromatic N) is 2. The van der Waals surface area contributed by atoms with Crippen molar-refractivity contribution < 1.29 is 5.11 Å². The molecule has 4 nitrogen and oxygen atoms in total. The highest BCUT2D eigenvalue weighted by Gasteiger charge is 2.44. The summed E-state index contributed by atoms with van der Waals surface area (Å²) in [6.45, 7) is 2.93. The minimum Gasteiger partial charge on any atom is -0.396 e. The van der Waals surface area contributed by atoms with E-state index in [9.17, 15) is 5.11 Å². The zero-order valence-electron chi connectivity index (χ0n) is 12.0. The molecule has 0 atom stereocenters. The van der Waals surface area contributed by atoms with Crippen LogP contribution in [0.1, 0.15) is 24.3 Å². The SMILES string of the molecule is CN1CCN=C1NCC1(CO)CC(c2ccccc2)C1. The Morgan fingerprint density at radius 2 is 2.10 bits per heavy atom. The van der Waals surface area contributed by atoms with Crippen molar-refractivity contribution in [3.05, 3.63) is 35.9 Å². The summed E-state index contributed by atoms with van der Waals surface area (Å²) in [4.78, 5) is 6.58. The number of nitrogens with one attached hydrogen (secondary N) is 1. The molecule has 0 radical (unpaired) electrons. The highest BCUT2D eigenvalue weighted by molar-refractivity contribution is 5.81. The van der Waals surface area contributed by atoms with Crippen LogP contribution in [0.3, 0.4) is 0 Å². The molecule has 20 heavy (non-hydrogen) atoms. The summed E-state index contributed by atoms with van der Waals surface area (Å²) in [7, 11) is 2.05. The molecule has 0 spiro atoms. The fraction of sp³-hybridized carbons (Fsp3) is 0.562. The Kier molecular flexibility index (Phi) is 3.66. The fourth-order valence-electron chi connectivity index (χ4n) is 3.27. The summed E-state index contributed by atoms with van der Waals surface area (Å²) in [6, 6.07) is 10.6. The quantitative estimate of drug-likeness (QED) is 0.872. The molecule has 0 unspecified atom stereocenters. The molecule has 1 saturated carbocycles. The van der Waals surface area contributed by atoms with Gasteiger partial charge in [-0.05, 0) is 24.3 Å². The van der Waals surface area contributed by atoms with Gasteiger partial charge in [0.05, 0.1) is 13.2 Å². The van der Waals surface area contributed by atoms with Crippen molar-refractivity contribution >= 4 is 5.96 Å². The van der Waals surface area contributed by atoms with Crippen molar-refractivity contribution in [2.75, 3.05) is 33.3 Å². The number of rotatable bonds is 4. The maximum Gasteiger partial charge on any atom is 0.193 e. The average Bonchev–Trinajstić information content (AvgIpc) is 2.85. The van der Waals surface area contributed by atoms with Crippen LogP contribution in [0.25, 0.3) is 0 Å². The third-order valence-corrected chi connectivity index (χ3v) is 4.65. The highest BCUT2D eigenvalue weighted by Crippen LogP contribution is 2.50. The average molecular weight is 273 g/mol. The first-order chi connectivity index (χ1) is 9.72. The van der Waals surface area contributed by atoms with Crippen molar-refractivity contribution in [3.63, 3.8) is 0 Å². The van der Waals surface area contributed by atoms with Gasteiger partial charge in [-0.15, -0.1) is 0 Å². The van der Waals surface area contributed by atoms with E-state index in [4.69, 9.17) is 0 Å². The van der Waals surface area contributed by atoms with E-state index < -0.39 is 0 Å². The second-order valence-electron chi connectivity index (χ2n) is 6.15. The molecule has 3 rings (SSSR count). The van der Waals surface area contributed by atoms with E-state index in [1.54, 1.807) is 0 Å². The topological polar surface area (TPSA) is 47.9 Å². The van der Waals surface area contributed by atoms with Crippen LogP contribution < -0.4 is 5.32 Å². The fourth-order valence-corrected chi connectivity index (χ4v) is 3.27. The van der Waals surface area contributed by atoms with E-state index in [0.29, 0.717) is 5.92 Å². The Morgan fingerprint density at radius 3 is 2.70 bits per heavy atom. The van der Waals surface area contributed by atoms with Gasteiger partial charge in [0, 0.05) is 25.6 Å². The summed E-state index contributed by atoms with van der Waals surface area (Å²) in [5, 5.41) is 13.2. The van der Waals surface area contributed by atoms with Crippen LogP contribution in [-0.2, 0) is 0 Å². The lowest BCUT2D eigenvalue weighted by Crippen LogP contribution is -2.49. The van der Waals surface area contributed by atoms with Crippen LogP contribution in [0.15, 0.2) is 35.3 Å². The smallest absolute Gasteiger partial charge is 0.193 e. The molecule has 0 aromatic heterocycles. The number of guanidine groups is 1. The molecule has 0 amide bonds. The molecule has 108 valence electrons. The molecule has 1 fully saturated rings. The molecule has 1 aliphatic carbocycles. The molecule has 1 aromatic carbocycles. The molecule has 2 N–H and O–H groups in total. The van der Waals surface area contributed by atoms with Crippen molar-refractivity contribution in [1.29, 1.82) is 0 Å². The Balaban J connectivity index is 1.56. The van der Waals surface area contributed by atoms with E-state index in [1.165, 1.54) is 5.56 Å². The van der Waals surface area contributed by atoms with E-state index in [2.05, 4.69) is 52.6 Å². The van der Waals surface area contributed by atoms with E-state index in [0.717, 1.165) is 38.4 Å². The summed E-state index contributed by atoms with van der Waals surface area (Å²) < 4.78 is 0. The molecule has 0 saturated heterocycles. The van der Waals surface area contributed by atoms with Gasteiger partial charge in [-0.3, -0.25) is 4.99 Å². The van der Waals surface area contributed by atoms with Crippen LogP contribution in [0, 0.1) is 5.41 Å². The van der Waals surface area contributed by atoms with Gasteiger partial charge in [-0.25, -0.2) is 0 Å². The number of hydrogen-bond acceptors (Lipinski definition) is 4. The van der Waals surface area contributed by atoms with Gasteiger partial charge in [0.25, 0.3) is 0 Å². The number of aliphatic imine (C=N–C) groups is 1. The van der Waals surface area contributed by atoms with Crippen molar-refractivity contribution in [3.8, 4) is 0 Å². The number of aliphatic hydroxyl groups is 1. The Bertz CT molecular complexity index is 480. The monoisotopic (exact) mass is 273 g/mol. The molecule has 1 aromatic rings. The second-order valence-corrected chi connectivity index (χ2v) is 6.15. The van der Waals surface area contributed by atoms with Crippen molar-refractivity contribution in [1.82, 2.24) is 10.2 Å². The Hall–Kier alpha value is -1.55. The Morgan fingerprint density at radius 1 is 1.35 bits per heavy atom. The van der Waals surface area contributed by atoms with Gasteiger partial charge >= 0.3 is 0 Å². The normalized spacial score (nSPS) is 29.0. The van der Waals surface area contributed by atoms with E-state index in [1.807, 2.05) is 0 Å². The number of hydrogen-bond donors (Lipinski definition) is 2. The summed E-state index contributed by atoms with van der Waals surface area (Å²) >= 11 is 0. The minimum absolute atomic E-state index is 0.0203. The van der Waals surface area contributed by atoms with Gasteiger partial charge < -0.3 is 15.3 Å². The molecule has 1 aliphatic heterocycles. The minimum atomic E-state index is 0.0203. The predicted molar refractivity (Wildman–Crippen MR) is 80.9 cm³/mol. The lowest BCUT2D eigenvalue weighted by molar-refractivity contribution is 0.0291. The first-order valence-corrected chi connectivity index (χ1v) is 7.38. The van der Waals surface area contributed by atoms with Gasteiger partial charge in [0.2, 0.25) is 0 Å².